The van der Waals surface area contributed by atoms with Gasteiger partial charge in [-0.2, -0.15) is 0 Å². The minimum atomic E-state index is 0.0555. The van der Waals surface area contributed by atoms with Crippen molar-refractivity contribution in [2.45, 2.75) is 66.0 Å². The van der Waals surface area contributed by atoms with Gasteiger partial charge in [-0.3, -0.25) is 4.79 Å². The Morgan fingerprint density at radius 3 is 2.79 bits per heavy atom. The molecule has 4 heteroatoms. The summed E-state index contributed by atoms with van der Waals surface area (Å²) >= 11 is 0. The van der Waals surface area contributed by atoms with Crippen LogP contribution >= 0.6 is 0 Å². The highest BCUT2D eigenvalue weighted by atomic mass is 16.1. The van der Waals surface area contributed by atoms with Gasteiger partial charge in [-0.25, -0.2) is 0 Å². The first-order valence-electron chi connectivity index (χ1n) is 10.8. The first-order chi connectivity index (χ1) is 13.5. The fourth-order valence-corrected chi connectivity index (χ4v) is 4.57. The number of piperidine rings is 1. The molecule has 28 heavy (non-hydrogen) atoms. The number of nitrogens with one attached hydrogen (secondary N) is 2. The zero-order valence-corrected chi connectivity index (χ0v) is 18.0. The molecule has 1 saturated heterocycles. The van der Waals surface area contributed by atoms with Crippen LogP contribution in [0.25, 0.3) is 0 Å². The molecular formula is C24H36N3O+. The molecule has 2 aromatic rings. The quantitative estimate of drug-likeness (QED) is 0.710. The van der Waals surface area contributed by atoms with Crippen molar-refractivity contribution in [3.8, 4) is 0 Å². The second kappa shape index (κ2) is 9.42. The number of hydrogen-bond acceptors (Lipinski definition) is 1. The SMILES string of the molecule is Cc1cccc(Cn2c(C)cc(C)c2C(=O)NCCC[NH+]2CCCC[C@@H]2C)c1. The molecule has 4 nitrogen and oxygen atoms in total. The van der Waals surface area contributed by atoms with Gasteiger partial charge in [0.2, 0.25) is 0 Å². The molecule has 0 saturated carbocycles. The molecule has 1 aliphatic rings. The summed E-state index contributed by atoms with van der Waals surface area (Å²) in [4.78, 5) is 14.6. The van der Waals surface area contributed by atoms with E-state index >= 15 is 0 Å². The summed E-state index contributed by atoms with van der Waals surface area (Å²) in [6, 6.07) is 11.4. The third-order valence-electron chi connectivity index (χ3n) is 6.18. The average Bonchev–Trinajstić information content (AvgIpc) is 2.93. The summed E-state index contributed by atoms with van der Waals surface area (Å²) < 4.78 is 2.15. The number of carbonyl (C=O) groups excluding carboxylic acids is 1. The first kappa shape index (κ1) is 20.7. The van der Waals surface area contributed by atoms with Gasteiger partial charge in [0.15, 0.2) is 0 Å². The summed E-state index contributed by atoms with van der Waals surface area (Å²) in [5.41, 5.74) is 5.47. The number of rotatable bonds is 7. The number of quaternary nitrogens is 1. The van der Waals surface area contributed by atoms with E-state index in [1.165, 1.54) is 36.9 Å². The van der Waals surface area contributed by atoms with E-state index in [1.807, 2.05) is 6.92 Å². The maximum atomic E-state index is 12.9. The van der Waals surface area contributed by atoms with E-state index in [0.29, 0.717) is 0 Å². The van der Waals surface area contributed by atoms with Crippen molar-refractivity contribution in [3.63, 3.8) is 0 Å². The number of amides is 1. The minimum absolute atomic E-state index is 0.0555. The van der Waals surface area contributed by atoms with Crippen molar-refractivity contribution >= 4 is 5.91 Å². The van der Waals surface area contributed by atoms with Gasteiger partial charge in [0.05, 0.1) is 19.1 Å². The molecular weight excluding hydrogens is 346 g/mol. The lowest BCUT2D eigenvalue weighted by molar-refractivity contribution is -0.928. The van der Waals surface area contributed by atoms with E-state index in [-0.39, 0.29) is 5.91 Å². The van der Waals surface area contributed by atoms with E-state index in [9.17, 15) is 4.79 Å². The van der Waals surface area contributed by atoms with Crippen LogP contribution < -0.4 is 10.2 Å². The van der Waals surface area contributed by atoms with Crippen LogP contribution in [-0.4, -0.2) is 36.2 Å². The van der Waals surface area contributed by atoms with Crippen molar-refractivity contribution in [1.82, 2.24) is 9.88 Å². The third-order valence-corrected chi connectivity index (χ3v) is 6.18. The second-order valence-electron chi connectivity index (χ2n) is 8.56. The smallest absolute Gasteiger partial charge is 0.268 e. The van der Waals surface area contributed by atoms with Crippen molar-refractivity contribution in [2.75, 3.05) is 19.6 Å². The van der Waals surface area contributed by atoms with Crippen LogP contribution in [-0.2, 0) is 6.54 Å². The largest absolute Gasteiger partial charge is 0.351 e. The number of likely N-dealkylation sites (tertiary alicyclic amines) is 1. The zero-order valence-electron chi connectivity index (χ0n) is 18.0. The van der Waals surface area contributed by atoms with Gasteiger partial charge < -0.3 is 14.8 Å². The fourth-order valence-electron chi connectivity index (χ4n) is 4.57. The lowest BCUT2D eigenvalue weighted by Gasteiger charge is -2.30. The summed E-state index contributed by atoms with van der Waals surface area (Å²) in [7, 11) is 0. The summed E-state index contributed by atoms with van der Waals surface area (Å²) in [6.45, 7) is 12.5. The van der Waals surface area contributed by atoms with Gasteiger partial charge in [0, 0.05) is 25.2 Å². The van der Waals surface area contributed by atoms with Crippen LogP contribution in [0.1, 0.15) is 65.5 Å². The van der Waals surface area contributed by atoms with Crippen LogP contribution in [0.15, 0.2) is 30.3 Å². The maximum Gasteiger partial charge on any atom is 0.268 e. The Kier molecular flexibility index (Phi) is 6.95. The van der Waals surface area contributed by atoms with E-state index in [4.69, 9.17) is 0 Å². The van der Waals surface area contributed by atoms with Gasteiger partial charge in [-0.15, -0.1) is 0 Å². The molecule has 0 bridgehead atoms. The van der Waals surface area contributed by atoms with Crippen LogP contribution in [0.3, 0.4) is 0 Å². The Bertz CT molecular complexity index is 808. The van der Waals surface area contributed by atoms with Crippen LogP contribution in [0.2, 0.25) is 0 Å². The standard InChI is InChI=1S/C24H35N3O/c1-18-9-7-11-22(15-18)17-27-21(4)16-19(2)23(27)24(28)25-12-8-14-26-13-6-5-10-20(26)3/h7,9,11,15-16,20H,5-6,8,10,12-14,17H2,1-4H3,(H,25,28)/p+1/t20-/m0/s1. The topological polar surface area (TPSA) is 38.5 Å². The Morgan fingerprint density at radius 2 is 2.04 bits per heavy atom. The Balaban J connectivity index is 1.60. The van der Waals surface area contributed by atoms with Gasteiger partial charge in [-0.1, -0.05) is 29.8 Å². The molecule has 1 amide bonds. The molecule has 1 aromatic carbocycles. The lowest BCUT2D eigenvalue weighted by Crippen LogP contribution is -3.16. The molecule has 2 atom stereocenters. The zero-order chi connectivity index (χ0) is 20.1. The Morgan fingerprint density at radius 1 is 1.21 bits per heavy atom. The number of aromatic nitrogens is 1. The van der Waals surface area contributed by atoms with E-state index in [2.05, 4.69) is 61.0 Å². The minimum Gasteiger partial charge on any atom is -0.351 e. The lowest BCUT2D eigenvalue weighted by atomic mass is 10.0. The highest BCUT2D eigenvalue weighted by Crippen LogP contribution is 2.18. The number of aryl methyl sites for hydroxylation is 3. The molecule has 0 radical (unpaired) electrons. The second-order valence-corrected chi connectivity index (χ2v) is 8.56. The molecule has 152 valence electrons. The van der Waals surface area contributed by atoms with Crippen molar-refractivity contribution in [3.05, 3.63) is 58.4 Å². The number of carbonyl (C=O) groups is 1. The van der Waals surface area contributed by atoms with Crippen molar-refractivity contribution < 1.29 is 9.69 Å². The van der Waals surface area contributed by atoms with Gasteiger partial charge >= 0.3 is 0 Å². The van der Waals surface area contributed by atoms with E-state index in [1.54, 1.807) is 4.90 Å². The summed E-state index contributed by atoms with van der Waals surface area (Å²) in [5, 5.41) is 3.17. The number of hydrogen-bond donors (Lipinski definition) is 2. The predicted molar refractivity (Wildman–Crippen MR) is 115 cm³/mol. The first-order valence-corrected chi connectivity index (χ1v) is 10.8. The molecule has 0 aliphatic carbocycles. The fraction of sp³-hybridized carbons (Fsp3) is 0.542. The molecule has 3 rings (SSSR count). The van der Waals surface area contributed by atoms with Gasteiger partial charge in [-0.05, 0) is 64.2 Å². The highest BCUT2D eigenvalue weighted by molar-refractivity contribution is 5.94. The van der Waals surface area contributed by atoms with Gasteiger partial charge in [0.1, 0.15) is 5.69 Å². The van der Waals surface area contributed by atoms with Gasteiger partial charge in [0.25, 0.3) is 5.91 Å². The number of nitrogens with zero attached hydrogens (tertiary/aromatic N) is 1. The molecule has 0 spiro atoms. The van der Waals surface area contributed by atoms with E-state index < -0.39 is 0 Å². The molecule has 1 aromatic heterocycles. The van der Waals surface area contributed by atoms with Crippen molar-refractivity contribution in [1.29, 1.82) is 0 Å². The average molecular weight is 383 g/mol. The molecule has 1 aliphatic heterocycles. The monoisotopic (exact) mass is 382 g/mol. The molecule has 2 N–H and O–H groups in total. The molecule has 1 fully saturated rings. The third kappa shape index (κ3) is 5.05. The normalized spacial score (nSPS) is 19.6. The highest BCUT2D eigenvalue weighted by Gasteiger charge is 2.21. The van der Waals surface area contributed by atoms with E-state index in [0.717, 1.165) is 49.0 Å². The Hall–Kier alpha value is -2.07. The number of benzene rings is 1. The maximum absolute atomic E-state index is 12.9. The van der Waals surface area contributed by atoms with Crippen LogP contribution in [0.4, 0.5) is 0 Å². The van der Waals surface area contributed by atoms with Crippen LogP contribution in [0, 0.1) is 20.8 Å². The predicted octanol–water partition coefficient (Wildman–Crippen LogP) is 3.04. The summed E-state index contributed by atoms with van der Waals surface area (Å²) in [6.07, 6.45) is 5.10. The molecule has 1 unspecified atom stereocenters. The summed E-state index contributed by atoms with van der Waals surface area (Å²) in [5.74, 6) is 0.0555. The van der Waals surface area contributed by atoms with Crippen LogP contribution in [0.5, 0.6) is 0 Å². The molecule has 2 heterocycles. The Labute approximate surface area is 169 Å². The van der Waals surface area contributed by atoms with Crippen molar-refractivity contribution in [2.24, 2.45) is 0 Å².